The average molecular weight is 313 g/mol. The van der Waals surface area contributed by atoms with Gasteiger partial charge in [0.25, 0.3) is 0 Å². The average Bonchev–Trinajstić information content (AvgIpc) is 3.07. The van der Waals surface area contributed by atoms with E-state index in [1.165, 1.54) is 0 Å². The van der Waals surface area contributed by atoms with Crippen LogP contribution in [0.3, 0.4) is 0 Å². The lowest BCUT2D eigenvalue weighted by Crippen LogP contribution is -2.46. The van der Waals surface area contributed by atoms with Crippen molar-refractivity contribution >= 4 is 17.4 Å². The van der Waals surface area contributed by atoms with E-state index in [4.69, 9.17) is 4.42 Å². The van der Waals surface area contributed by atoms with E-state index in [2.05, 4.69) is 17.6 Å². The second-order valence-corrected chi connectivity index (χ2v) is 5.95. The van der Waals surface area contributed by atoms with E-state index >= 15 is 0 Å². The minimum Gasteiger partial charge on any atom is -0.469 e. The highest BCUT2D eigenvalue weighted by Gasteiger charge is 2.19. The third-order valence-electron chi connectivity index (χ3n) is 4.05. The number of carbonyl (C=O) groups is 1. The number of nitrogens with one attached hydrogen (secondary N) is 2. The number of furan rings is 1. The molecular formula is C18H23N3O2. The van der Waals surface area contributed by atoms with Crippen molar-refractivity contribution in [2.45, 2.75) is 32.2 Å². The molecule has 2 heterocycles. The summed E-state index contributed by atoms with van der Waals surface area (Å²) in [6.45, 7) is 3.68. The molecule has 3 rings (SSSR count). The molecule has 122 valence electrons. The Morgan fingerprint density at radius 2 is 2.26 bits per heavy atom. The molecule has 1 aliphatic heterocycles. The molecule has 2 aromatic rings. The Kier molecular flexibility index (Phi) is 4.86. The number of anilines is 2. The lowest BCUT2D eigenvalue weighted by molar-refractivity contribution is 0.243. The fraction of sp³-hybridized carbons (Fsp3) is 0.389. The van der Waals surface area contributed by atoms with Crippen molar-refractivity contribution in [2.24, 2.45) is 0 Å². The maximum Gasteiger partial charge on any atom is 0.321 e. The van der Waals surface area contributed by atoms with Crippen LogP contribution in [0.15, 0.2) is 47.1 Å². The van der Waals surface area contributed by atoms with Gasteiger partial charge in [0.15, 0.2) is 0 Å². The van der Waals surface area contributed by atoms with Gasteiger partial charge in [-0.05, 0) is 50.1 Å². The van der Waals surface area contributed by atoms with Gasteiger partial charge in [0.1, 0.15) is 5.76 Å². The number of hydrogen-bond donors (Lipinski definition) is 2. The number of hydrogen-bond acceptors (Lipinski definition) is 3. The van der Waals surface area contributed by atoms with Crippen LogP contribution in [-0.4, -0.2) is 25.2 Å². The molecule has 5 heteroatoms. The highest BCUT2D eigenvalue weighted by molar-refractivity contribution is 5.93. The molecular weight excluding hydrogens is 290 g/mol. The van der Waals surface area contributed by atoms with Crippen LogP contribution >= 0.6 is 0 Å². The molecule has 1 saturated heterocycles. The SMILES string of the molecule is CC(CCc1ccco1)Nc1cccc(N2CCCNC2=O)c1. The number of rotatable bonds is 6. The first-order valence-electron chi connectivity index (χ1n) is 8.17. The summed E-state index contributed by atoms with van der Waals surface area (Å²) in [5.41, 5.74) is 1.97. The summed E-state index contributed by atoms with van der Waals surface area (Å²) in [6, 6.07) is 12.3. The minimum atomic E-state index is -0.0146. The quantitative estimate of drug-likeness (QED) is 0.856. The summed E-state index contributed by atoms with van der Waals surface area (Å²) in [7, 11) is 0. The number of aryl methyl sites for hydroxylation is 1. The van der Waals surface area contributed by atoms with Gasteiger partial charge in [-0.2, -0.15) is 0 Å². The van der Waals surface area contributed by atoms with Gasteiger partial charge in [0.05, 0.1) is 6.26 Å². The van der Waals surface area contributed by atoms with Gasteiger partial charge >= 0.3 is 6.03 Å². The van der Waals surface area contributed by atoms with Crippen molar-refractivity contribution in [3.05, 3.63) is 48.4 Å². The van der Waals surface area contributed by atoms with E-state index in [9.17, 15) is 4.79 Å². The van der Waals surface area contributed by atoms with Crippen molar-refractivity contribution in [2.75, 3.05) is 23.3 Å². The normalized spacial score (nSPS) is 16.0. The number of benzene rings is 1. The monoisotopic (exact) mass is 313 g/mol. The van der Waals surface area contributed by atoms with Crippen molar-refractivity contribution in [1.29, 1.82) is 0 Å². The molecule has 2 N–H and O–H groups in total. The van der Waals surface area contributed by atoms with Crippen LogP contribution in [0, 0.1) is 0 Å². The topological polar surface area (TPSA) is 57.5 Å². The first-order valence-corrected chi connectivity index (χ1v) is 8.17. The van der Waals surface area contributed by atoms with Gasteiger partial charge in [-0.3, -0.25) is 4.90 Å². The van der Waals surface area contributed by atoms with Gasteiger partial charge in [-0.15, -0.1) is 0 Å². The zero-order valence-corrected chi connectivity index (χ0v) is 13.4. The Labute approximate surface area is 136 Å². The standard InChI is InChI=1S/C18H23N3O2/c1-14(8-9-17-7-3-12-23-17)20-15-5-2-6-16(13-15)21-11-4-10-19-18(21)22/h2-3,5-7,12-14,20H,4,8-11H2,1H3,(H,19,22). The highest BCUT2D eigenvalue weighted by atomic mass is 16.3. The molecule has 23 heavy (non-hydrogen) atoms. The highest BCUT2D eigenvalue weighted by Crippen LogP contribution is 2.22. The van der Waals surface area contributed by atoms with Crippen LogP contribution in [-0.2, 0) is 6.42 Å². The third-order valence-corrected chi connectivity index (χ3v) is 4.05. The fourth-order valence-electron chi connectivity index (χ4n) is 2.81. The van der Waals surface area contributed by atoms with Crippen molar-refractivity contribution in [1.82, 2.24) is 5.32 Å². The molecule has 0 saturated carbocycles. The summed E-state index contributed by atoms with van der Waals surface area (Å²) >= 11 is 0. The van der Waals surface area contributed by atoms with E-state index in [0.717, 1.165) is 49.5 Å². The number of amides is 2. The summed E-state index contributed by atoms with van der Waals surface area (Å²) in [4.78, 5) is 13.7. The predicted octanol–water partition coefficient (Wildman–Crippen LogP) is 3.63. The summed E-state index contributed by atoms with van der Waals surface area (Å²) < 4.78 is 5.37. The van der Waals surface area contributed by atoms with E-state index < -0.39 is 0 Å². The summed E-state index contributed by atoms with van der Waals surface area (Å²) in [5, 5.41) is 6.38. The lowest BCUT2D eigenvalue weighted by Gasteiger charge is -2.28. The Morgan fingerprint density at radius 1 is 1.35 bits per heavy atom. The molecule has 0 spiro atoms. The van der Waals surface area contributed by atoms with Crippen LogP contribution in [0.1, 0.15) is 25.5 Å². The lowest BCUT2D eigenvalue weighted by atomic mass is 10.1. The molecule has 5 nitrogen and oxygen atoms in total. The third kappa shape index (κ3) is 4.06. The molecule has 1 aromatic carbocycles. The molecule has 2 amide bonds. The van der Waals surface area contributed by atoms with Crippen molar-refractivity contribution < 1.29 is 9.21 Å². The molecule has 1 unspecified atom stereocenters. The Bertz CT molecular complexity index is 639. The van der Waals surface area contributed by atoms with Gasteiger partial charge in [-0.1, -0.05) is 6.07 Å². The number of carbonyl (C=O) groups excluding carboxylic acids is 1. The first-order chi connectivity index (χ1) is 11.2. The van der Waals surface area contributed by atoms with Crippen molar-refractivity contribution in [3.63, 3.8) is 0 Å². The molecule has 1 aliphatic rings. The van der Waals surface area contributed by atoms with Gasteiger partial charge in [-0.25, -0.2) is 4.79 Å². The Hall–Kier alpha value is -2.43. The second-order valence-electron chi connectivity index (χ2n) is 5.95. The summed E-state index contributed by atoms with van der Waals surface area (Å²) in [5.74, 6) is 1.01. The molecule has 1 atom stereocenters. The van der Waals surface area contributed by atoms with Gasteiger partial charge in [0, 0.05) is 36.9 Å². The van der Waals surface area contributed by atoms with Crippen LogP contribution < -0.4 is 15.5 Å². The molecule has 1 aromatic heterocycles. The first kappa shape index (κ1) is 15.5. The maximum atomic E-state index is 11.9. The van der Waals surface area contributed by atoms with E-state index in [0.29, 0.717) is 6.04 Å². The zero-order chi connectivity index (χ0) is 16.1. The van der Waals surface area contributed by atoms with Crippen LogP contribution in [0.25, 0.3) is 0 Å². The molecule has 0 bridgehead atoms. The second kappa shape index (κ2) is 7.22. The van der Waals surface area contributed by atoms with Gasteiger partial charge < -0.3 is 15.1 Å². The molecule has 0 radical (unpaired) electrons. The minimum absolute atomic E-state index is 0.0146. The zero-order valence-electron chi connectivity index (χ0n) is 13.4. The molecule has 1 fully saturated rings. The van der Waals surface area contributed by atoms with E-state index in [1.54, 1.807) is 11.2 Å². The Balaban J connectivity index is 1.59. The van der Waals surface area contributed by atoms with Gasteiger partial charge in [0.2, 0.25) is 0 Å². The fourth-order valence-corrected chi connectivity index (χ4v) is 2.81. The van der Waals surface area contributed by atoms with Crippen LogP contribution in [0.2, 0.25) is 0 Å². The predicted molar refractivity (Wildman–Crippen MR) is 91.9 cm³/mol. The van der Waals surface area contributed by atoms with Crippen LogP contribution in [0.4, 0.5) is 16.2 Å². The summed E-state index contributed by atoms with van der Waals surface area (Å²) in [6.07, 6.45) is 4.58. The molecule has 0 aliphatic carbocycles. The van der Waals surface area contributed by atoms with E-state index in [-0.39, 0.29) is 6.03 Å². The smallest absolute Gasteiger partial charge is 0.321 e. The largest absolute Gasteiger partial charge is 0.469 e. The Morgan fingerprint density at radius 3 is 3.04 bits per heavy atom. The number of urea groups is 1. The maximum absolute atomic E-state index is 11.9. The van der Waals surface area contributed by atoms with Crippen LogP contribution in [0.5, 0.6) is 0 Å². The van der Waals surface area contributed by atoms with E-state index in [1.807, 2.05) is 36.4 Å². The number of nitrogens with zero attached hydrogens (tertiary/aromatic N) is 1. The van der Waals surface area contributed by atoms with Crippen molar-refractivity contribution in [3.8, 4) is 0 Å².